The van der Waals surface area contributed by atoms with Crippen LogP contribution in [0.25, 0.3) is 0 Å². The highest BCUT2D eigenvalue weighted by molar-refractivity contribution is 6.17. The van der Waals surface area contributed by atoms with Gasteiger partial charge in [-0.1, -0.05) is 26.0 Å². The lowest BCUT2D eigenvalue weighted by Gasteiger charge is -2.06. The van der Waals surface area contributed by atoms with Crippen LogP contribution in [0.4, 0.5) is 0 Å². The highest BCUT2D eigenvalue weighted by atomic mass is 16.5. The fourth-order valence-corrected chi connectivity index (χ4v) is 1.02. The molecule has 0 fully saturated rings. The second kappa shape index (κ2) is 4.17. The van der Waals surface area contributed by atoms with Gasteiger partial charge in [0.05, 0.1) is 0 Å². The minimum atomic E-state index is -0.263. The number of hydrogen-bond donors (Lipinski definition) is 1. The molecule has 1 rings (SSSR count). The van der Waals surface area contributed by atoms with Crippen LogP contribution in [0, 0.1) is 0 Å². The quantitative estimate of drug-likeness (QED) is 0.685. The zero-order chi connectivity index (χ0) is 8.97. The van der Waals surface area contributed by atoms with E-state index in [1.165, 1.54) is 5.56 Å². The Morgan fingerprint density at radius 2 is 1.83 bits per heavy atom. The third-order valence-corrected chi connectivity index (χ3v) is 1.78. The van der Waals surface area contributed by atoms with E-state index < -0.39 is 0 Å². The van der Waals surface area contributed by atoms with Gasteiger partial charge >= 0.3 is 7.69 Å². The van der Waals surface area contributed by atoms with Crippen LogP contribution in [0.5, 0.6) is 5.75 Å². The van der Waals surface area contributed by atoms with Crippen molar-refractivity contribution in [3.63, 3.8) is 0 Å². The van der Waals surface area contributed by atoms with Crippen LogP contribution in [-0.2, 0) is 0 Å². The summed E-state index contributed by atoms with van der Waals surface area (Å²) in [5.74, 6) is 1.25. The van der Waals surface area contributed by atoms with Crippen LogP contribution in [0.2, 0.25) is 0 Å². The Balaban J connectivity index is 2.71. The van der Waals surface area contributed by atoms with Gasteiger partial charge in [0.25, 0.3) is 0 Å². The van der Waals surface area contributed by atoms with E-state index >= 15 is 0 Å². The second-order valence-corrected chi connectivity index (χ2v) is 3.00. The van der Waals surface area contributed by atoms with Crippen LogP contribution < -0.4 is 4.65 Å². The SMILES string of the molecule is CC(C)c1ccc(OBO)cc1. The van der Waals surface area contributed by atoms with Crippen molar-refractivity contribution < 1.29 is 9.68 Å². The largest absolute Gasteiger partial charge is 0.539 e. The molecule has 0 saturated carbocycles. The molecule has 0 bridgehead atoms. The van der Waals surface area contributed by atoms with Gasteiger partial charge in [0.1, 0.15) is 5.75 Å². The summed E-state index contributed by atoms with van der Waals surface area (Å²) in [4.78, 5) is 0. The number of hydrogen-bond acceptors (Lipinski definition) is 2. The first-order valence-corrected chi connectivity index (χ1v) is 4.07. The van der Waals surface area contributed by atoms with Crippen molar-refractivity contribution in [3.05, 3.63) is 29.8 Å². The Morgan fingerprint density at radius 3 is 2.25 bits per heavy atom. The zero-order valence-electron chi connectivity index (χ0n) is 7.45. The molecule has 1 N–H and O–H groups in total. The molecule has 0 heterocycles. The lowest BCUT2D eigenvalue weighted by Crippen LogP contribution is -1.99. The molecule has 2 nitrogen and oxygen atoms in total. The van der Waals surface area contributed by atoms with Gasteiger partial charge < -0.3 is 9.68 Å². The van der Waals surface area contributed by atoms with Gasteiger partial charge in [-0.2, -0.15) is 0 Å². The van der Waals surface area contributed by atoms with E-state index in [-0.39, 0.29) is 7.69 Å². The summed E-state index contributed by atoms with van der Waals surface area (Å²) in [6.45, 7) is 4.28. The molecule has 0 aliphatic carbocycles. The zero-order valence-corrected chi connectivity index (χ0v) is 7.45. The van der Waals surface area contributed by atoms with E-state index in [1.807, 2.05) is 24.3 Å². The lowest BCUT2D eigenvalue weighted by molar-refractivity contribution is 0.453. The maximum absolute atomic E-state index is 8.48. The van der Waals surface area contributed by atoms with Crippen LogP contribution in [0.3, 0.4) is 0 Å². The number of rotatable bonds is 3. The van der Waals surface area contributed by atoms with Crippen molar-refractivity contribution in [2.75, 3.05) is 0 Å². The molecular formula is C9H13BO2. The Bertz CT molecular complexity index is 231. The minimum absolute atomic E-state index is 0.263. The van der Waals surface area contributed by atoms with Gasteiger partial charge in [0.2, 0.25) is 0 Å². The summed E-state index contributed by atoms with van der Waals surface area (Å²) >= 11 is 0. The summed E-state index contributed by atoms with van der Waals surface area (Å²) in [5.41, 5.74) is 1.28. The first kappa shape index (κ1) is 9.14. The molecule has 0 amide bonds. The maximum Gasteiger partial charge on any atom is 0.504 e. The maximum atomic E-state index is 8.48. The standard InChI is InChI=1S/C9H13BO2/c1-7(2)8-3-5-9(6-4-8)12-10-11/h3-7,10-11H,1-2H3. The van der Waals surface area contributed by atoms with Gasteiger partial charge in [-0.15, -0.1) is 0 Å². The highest BCUT2D eigenvalue weighted by Crippen LogP contribution is 2.17. The summed E-state index contributed by atoms with van der Waals surface area (Å²) in [5, 5.41) is 8.48. The summed E-state index contributed by atoms with van der Waals surface area (Å²) in [6.07, 6.45) is 0. The molecule has 0 spiro atoms. The first-order chi connectivity index (χ1) is 5.74. The smallest absolute Gasteiger partial charge is 0.504 e. The summed E-state index contributed by atoms with van der Waals surface area (Å²) < 4.78 is 4.90. The summed E-state index contributed by atoms with van der Waals surface area (Å²) in [7, 11) is -0.263. The van der Waals surface area contributed by atoms with Gasteiger partial charge in [0.15, 0.2) is 0 Å². The summed E-state index contributed by atoms with van der Waals surface area (Å²) in [6, 6.07) is 7.75. The molecule has 3 heteroatoms. The fraction of sp³-hybridized carbons (Fsp3) is 0.333. The Labute approximate surface area is 73.5 Å². The molecule has 64 valence electrons. The first-order valence-electron chi connectivity index (χ1n) is 4.07. The van der Waals surface area contributed by atoms with Crippen LogP contribution >= 0.6 is 0 Å². The molecule has 0 aliphatic rings. The Hall–Kier alpha value is -0.955. The normalized spacial score (nSPS) is 10.0. The Kier molecular flexibility index (Phi) is 3.17. The molecule has 1 aromatic rings. The third kappa shape index (κ3) is 2.27. The molecule has 0 aromatic heterocycles. The van der Waals surface area contributed by atoms with Crippen molar-refractivity contribution >= 4 is 7.69 Å². The van der Waals surface area contributed by atoms with E-state index in [2.05, 4.69) is 13.8 Å². The average Bonchev–Trinajstić information content (AvgIpc) is 2.06. The van der Waals surface area contributed by atoms with Crippen LogP contribution in [0.15, 0.2) is 24.3 Å². The van der Waals surface area contributed by atoms with E-state index in [0.717, 1.165) is 0 Å². The minimum Gasteiger partial charge on any atom is -0.539 e. The van der Waals surface area contributed by atoms with Crippen molar-refractivity contribution in [2.24, 2.45) is 0 Å². The van der Waals surface area contributed by atoms with Crippen LogP contribution in [0.1, 0.15) is 25.3 Å². The molecule has 1 aromatic carbocycles. The van der Waals surface area contributed by atoms with E-state index in [0.29, 0.717) is 11.7 Å². The molecular weight excluding hydrogens is 151 g/mol. The van der Waals surface area contributed by atoms with E-state index in [1.54, 1.807) is 0 Å². The molecule has 0 atom stereocenters. The highest BCUT2D eigenvalue weighted by Gasteiger charge is 1.98. The van der Waals surface area contributed by atoms with Gasteiger partial charge in [0, 0.05) is 0 Å². The van der Waals surface area contributed by atoms with Crippen molar-refractivity contribution in [1.29, 1.82) is 0 Å². The molecule has 0 radical (unpaired) electrons. The molecule has 0 saturated heterocycles. The predicted octanol–water partition coefficient (Wildman–Crippen LogP) is 1.45. The third-order valence-electron chi connectivity index (χ3n) is 1.78. The monoisotopic (exact) mass is 164 g/mol. The van der Waals surface area contributed by atoms with Crippen molar-refractivity contribution in [2.45, 2.75) is 19.8 Å². The Morgan fingerprint density at radius 1 is 1.25 bits per heavy atom. The average molecular weight is 164 g/mol. The molecule has 0 aliphatic heterocycles. The van der Waals surface area contributed by atoms with Gasteiger partial charge in [-0.25, -0.2) is 0 Å². The van der Waals surface area contributed by atoms with Crippen molar-refractivity contribution in [3.8, 4) is 5.75 Å². The van der Waals surface area contributed by atoms with Gasteiger partial charge in [-0.05, 0) is 23.6 Å². The van der Waals surface area contributed by atoms with Crippen LogP contribution in [-0.4, -0.2) is 12.7 Å². The second-order valence-electron chi connectivity index (χ2n) is 3.00. The molecule has 12 heavy (non-hydrogen) atoms. The van der Waals surface area contributed by atoms with Crippen molar-refractivity contribution in [1.82, 2.24) is 0 Å². The lowest BCUT2D eigenvalue weighted by atomic mass is 10.0. The van der Waals surface area contributed by atoms with E-state index in [4.69, 9.17) is 9.68 Å². The topological polar surface area (TPSA) is 29.5 Å². The van der Waals surface area contributed by atoms with E-state index in [9.17, 15) is 0 Å². The fourth-order valence-electron chi connectivity index (χ4n) is 1.02. The number of benzene rings is 1. The van der Waals surface area contributed by atoms with Gasteiger partial charge in [-0.3, -0.25) is 0 Å². The molecule has 0 unspecified atom stereocenters. The predicted molar refractivity (Wildman–Crippen MR) is 50.5 cm³/mol.